The molecule has 0 aliphatic heterocycles. The molecule has 9 aromatic rings. The summed E-state index contributed by atoms with van der Waals surface area (Å²) in [5.41, 5.74) is 8.99. The third-order valence-electron chi connectivity index (χ3n) is 8.74. The van der Waals surface area contributed by atoms with Crippen molar-refractivity contribution < 1.29 is 4.42 Å². The summed E-state index contributed by atoms with van der Waals surface area (Å²) in [4.78, 5) is 15.3. The van der Waals surface area contributed by atoms with E-state index in [1.807, 2.05) is 30.3 Å². The van der Waals surface area contributed by atoms with E-state index in [0.717, 1.165) is 66.1 Å². The van der Waals surface area contributed by atoms with Gasteiger partial charge in [-0.05, 0) is 45.8 Å². The van der Waals surface area contributed by atoms with Crippen LogP contribution >= 0.6 is 0 Å². The van der Waals surface area contributed by atoms with Crippen LogP contribution in [0.2, 0.25) is 0 Å². The normalized spacial score (nSPS) is 11.4. The van der Waals surface area contributed by atoms with E-state index in [-0.39, 0.29) is 0 Å². The minimum atomic E-state index is 0.598. The van der Waals surface area contributed by atoms with Gasteiger partial charge in [-0.3, -0.25) is 0 Å². The van der Waals surface area contributed by atoms with Crippen molar-refractivity contribution >= 4 is 32.7 Å². The highest BCUT2D eigenvalue weighted by Gasteiger charge is 2.18. The van der Waals surface area contributed by atoms with Gasteiger partial charge in [0.1, 0.15) is 11.2 Å². The Morgan fingerprint density at radius 1 is 0.362 bits per heavy atom. The zero-order chi connectivity index (χ0) is 31.2. The fourth-order valence-corrected chi connectivity index (χ4v) is 6.40. The van der Waals surface area contributed by atoms with Crippen molar-refractivity contribution in [1.29, 1.82) is 0 Å². The summed E-state index contributed by atoms with van der Waals surface area (Å²) in [5.74, 6) is 1.83. The van der Waals surface area contributed by atoms with Crippen LogP contribution in [0.5, 0.6) is 0 Å². The van der Waals surface area contributed by atoms with E-state index < -0.39 is 0 Å². The van der Waals surface area contributed by atoms with Crippen LogP contribution in [0, 0.1) is 0 Å². The molecule has 0 amide bonds. The molecule has 4 heteroatoms. The molecule has 4 nitrogen and oxygen atoms in total. The average molecular weight is 602 g/mol. The van der Waals surface area contributed by atoms with Gasteiger partial charge >= 0.3 is 0 Å². The lowest BCUT2D eigenvalue weighted by atomic mass is 10.00. The van der Waals surface area contributed by atoms with Crippen LogP contribution in [0.1, 0.15) is 0 Å². The Kier molecular flexibility index (Phi) is 6.43. The maximum atomic E-state index is 6.51. The highest BCUT2D eigenvalue weighted by molar-refractivity contribution is 6.18. The van der Waals surface area contributed by atoms with Crippen molar-refractivity contribution in [3.63, 3.8) is 0 Å². The molecular formula is C43H27N3O. The zero-order valence-corrected chi connectivity index (χ0v) is 25.3. The molecule has 7 aromatic carbocycles. The van der Waals surface area contributed by atoms with Gasteiger partial charge in [0.25, 0.3) is 0 Å². The van der Waals surface area contributed by atoms with E-state index in [4.69, 9.17) is 19.4 Å². The van der Waals surface area contributed by atoms with Crippen LogP contribution in [-0.4, -0.2) is 15.0 Å². The summed E-state index contributed by atoms with van der Waals surface area (Å²) in [6.45, 7) is 0. The van der Waals surface area contributed by atoms with E-state index in [1.54, 1.807) is 0 Å². The van der Waals surface area contributed by atoms with Crippen LogP contribution in [-0.2, 0) is 0 Å². The number of benzene rings is 7. The molecule has 0 unspecified atom stereocenters. The SMILES string of the molecule is c1ccc(-c2ccc(-c3nc(-c4cccc(-c5ccccc5)c4)nc(-c4cccc5ccc6c7ccccc7oc6c45)n3)cc2)cc1. The first kappa shape index (κ1) is 27.0. The van der Waals surface area contributed by atoms with Crippen LogP contribution in [0.15, 0.2) is 168 Å². The topological polar surface area (TPSA) is 51.8 Å². The third-order valence-corrected chi connectivity index (χ3v) is 8.74. The van der Waals surface area contributed by atoms with E-state index in [1.165, 1.54) is 5.56 Å². The Morgan fingerprint density at radius 2 is 0.936 bits per heavy atom. The smallest absolute Gasteiger partial charge is 0.164 e. The molecular weight excluding hydrogens is 574 g/mol. The monoisotopic (exact) mass is 601 g/mol. The van der Waals surface area contributed by atoms with Gasteiger partial charge in [0.05, 0.1) is 0 Å². The van der Waals surface area contributed by atoms with E-state index in [2.05, 4.69) is 133 Å². The third kappa shape index (κ3) is 4.84. The molecule has 0 atom stereocenters. The highest BCUT2D eigenvalue weighted by atomic mass is 16.3. The lowest BCUT2D eigenvalue weighted by Gasteiger charge is -2.12. The first-order valence-corrected chi connectivity index (χ1v) is 15.7. The molecule has 0 saturated carbocycles. The number of aromatic nitrogens is 3. The number of rotatable bonds is 5. The Hall–Kier alpha value is -6.39. The van der Waals surface area contributed by atoms with Crippen LogP contribution in [0.25, 0.3) is 89.1 Å². The molecule has 9 rings (SSSR count). The van der Waals surface area contributed by atoms with Crippen LogP contribution < -0.4 is 0 Å². The van der Waals surface area contributed by atoms with Gasteiger partial charge in [0.15, 0.2) is 17.5 Å². The standard InChI is InChI=1S/C43H27N3O/c1-3-11-28(12-4-1)30-21-23-32(24-22-30)41-44-42(34-17-9-16-33(27-34)29-13-5-2-6-14-29)46-43(45-41)37-19-10-15-31-25-26-36-35-18-7-8-20-38(35)47-40(36)39(31)37/h1-27H. The van der Waals surface area contributed by atoms with Crippen molar-refractivity contribution in [2.45, 2.75) is 0 Å². The lowest BCUT2D eigenvalue weighted by molar-refractivity contribution is 0.672. The van der Waals surface area contributed by atoms with Crippen LogP contribution in [0.3, 0.4) is 0 Å². The molecule has 0 spiro atoms. The Morgan fingerprint density at radius 3 is 1.72 bits per heavy atom. The maximum absolute atomic E-state index is 6.51. The summed E-state index contributed by atoms with van der Waals surface area (Å²) in [6.07, 6.45) is 0. The maximum Gasteiger partial charge on any atom is 0.164 e. The molecule has 2 aromatic heterocycles. The molecule has 0 fully saturated rings. The number of nitrogens with zero attached hydrogens (tertiary/aromatic N) is 3. The number of furan rings is 1. The van der Waals surface area contributed by atoms with Gasteiger partial charge < -0.3 is 4.42 Å². The summed E-state index contributed by atoms with van der Waals surface area (Å²) >= 11 is 0. The number of para-hydroxylation sites is 1. The van der Waals surface area contributed by atoms with Crippen molar-refractivity contribution in [2.75, 3.05) is 0 Å². The quantitative estimate of drug-likeness (QED) is 0.197. The molecule has 2 heterocycles. The second-order valence-electron chi connectivity index (χ2n) is 11.6. The fourth-order valence-electron chi connectivity index (χ4n) is 6.40. The van der Waals surface area contributed by atoms with Crippen molar-refractivity contribution in [3.05, 3.63) is 164 Å². The molecule has 0 N–H and O–H groups in total. The fraction of sp³-hybridized carbons (Fsp3) is 0. The van der Waals surface area contributed by atoms with E-state index in [0.29, 0.717) is 17.5 Å². The van der Waals surface area contributed by atoms with Crippen LogP contribution in [0.4, 0.5) is 0 Å². The molecule has 220 valence electrons. The van der Waals surface area contributed by atoms with Crippen molar-refractivity contribution in [2.24, 2.45) is 0 Å². The van der Waals surface area contributed by atoms with Gasteiger partial charge in [-0.25, -0.2) is 15.0 Å². The lowest BCUT2D eigenvalue weighted by Crippen LogP contribution is -2.01. The Bertz CT molecular complexity index is 2550. The molecule has 0 radical (unpaired) electrons. The van der Waals surface area contributed by atoms with Gasteiger partial charge in [-0.2, -0.15) is 0 Å². The first-order chi connectivity index (χ1) is 23.3. The van der Waals surface area contributed by atoms with Gasteiger partial charge in [-0.15, -0.1) is 0 Å². The summed E-state index contributed by atoms with van der Waals surface area (Å²) in [7, 11) is 0. The number of hydrogen-bond acceptors (Lipinski definition) is 4. The molecule has 0 aliphatic rings. The van der Waals surface area contributed by atoms with Gasteiger partial charge in [0, 0.05) is 32.8 Å². The molecule has 47 heavy (non-hydrogen) atoms. The van der Waals surface area contributed by atoms with E-state index in [9.17, 15) is 0 Å². The van der Waals surface area contributed by atoms with E-state index >= 15 is 0 Å². The zero-order valence-electron chi connectivity index (χ0n) is 25.3. The predicted molar refractivity (Wildman–Crippen MR) is 192 cm³/mol. The van der Waals surface area contributed by atoms with Crippen molar-refractivity contribution in [1.82, 2.24) is 15.0 Å². The number of fused-ring (bicyclic) bond motifs is 5. The minimum Gasteiger partial charge on any atom is -0.455 e. The largest absolute Gasteiger partial charge is 0.455 e. The van der Waals surface area contributed by atoms with Gasteiger partial charge in [0.2, 0.25) is 0 Å². The number of hydrogen-bond donors (Lipinski definition) is 0. The Balaban J connectivity index is 1.26. The first-order valence-electron chi connectivity index (χ1n) is 15.7. The summed E-state index contributed by atoms with van der Waals surface area (Å²) < 4.78 is 6.51. The Labute approximate surface area is 271 Å². The summed E-state index contributed by atoms with van der Waals surface area (Å²) in [5, 5.41) is 4.21. The average Bonchev–Trinajstić information content (AvgIpc) is 3.54. The predicted octanol–water partition coefficient (Wildman–Crippen LogP) is 11.3. The molecule has 0 saturated heterocycles. The second kappa shape index (κ2) is 11.2. The highest BCUT2D eigenvalue weighted by Crippen LogP contribution is 2.39. The summed E-state index contributed by atoms with van der Waals surface area (Å²) in [6, 6.07) is 56.3. The second-order valence-corrected chi connectivity index (χ2v) is 11.6. The molecule has 0 aliphatic carbocycles. The molecule has 0 bridgehead atoms. The van der Waals surface area contributed by atoms with Gasteiger partial charge in [-0.1, -0.05) is 146 Å². The minimum absolute atomic E-state index is 0.598. The van der Waals surface area contributed by atoms with Crippen molar-refractivity contribution in [3.8, 4) is 56.4 Å².